The number of thioether (sulfide) groups is 1. The molecule has 0 unspecified atom stereocenters. The number of anilines is 1. The number of benzene rings is 2. The van der Waals surface area contributed by atoms with Crippen LogP contribution in [0.5, 0.6) is 0 Å². The SMILES string of the molecule is N#Cc1ccccc1CSc1nnc(NC(=O)c2cc(Cl)cc(Cl)c2)s1. The van der Waals surface area contributed by atoms with Gasteiger partial charge >= 0.3 is 0 Å². The van der Waals surface area contributed by atoms with Crippen LogP contribution >= 0.6 is 46.3 Å². The van der Waals surface area contributed by atoms with E-state index in [1.165, 1.54) is 35.2 Å². The highest BCUT2D eigenvalue weighted by atomic mass is 35.5. The molecule has 0 saturated carbocycles. The van der Waals surface area contributed by atoms with Crippen LogP contribution in [0.4, 0.5) is 5.13 Å². The second kappa shape index (κ2) is 8.52. The van der Waals surface area contributed by atoms with Gasteiger partial charge in [0.2, 0.25) is 5.13 Å². The Hall–Kier alpha value is -2.11. The van der Waals surface area contributed by atoms with Crippen LogP contribution in [-0.4, -0.2) is 16.1 Å². The Morgan fingerprint density at radius 2 is 1.92 bits per heavy atom. The molecule has 0 aliphatic heterocycles. The lowest BCUT2D eigenvalue weighted by Crippen LogP contribution is -2.11. The normalized spacial score (nSPS) is 10.3. The standard InChI is InChI=1S/C17H10Cl2N4OS2/c18-13-5-12(6-14(19)7-13)15(24)21-16-22-23-17(26-16)25-9-11-4-2-1-3-10(11)8-20/h1-7H,9H2,(H,21,22,24). The molecular weight excluding hydrogens is 411 g/mol. The molecule has 1 N–H and O–H groups in total. The van der Waals surface area contributed by atoms with E-state index in [1.807, 2.05) is 18.2 Å². The van der Waals surface area contributed by atoms with E-state index in [2.05, 4.69) is 21.6 Å². The number of carbonyl (C=O) groups excluding carboxylic acids is 1. The lowest BCUT2D eigenvalue weighted by molar-refractivity contribution is 0.102. The molecule has 0 atom stereocenters. The number of halogens is 2. The lowest BCUT2D eigenvalue weighted by atomic mass is 10.1. The van der Waals surface area contributed by atoms with Crippen LogP contribution in [-0.2, 0) is 5.75 Å². The van der Waals surface area contributed by atoms with Gasteiger partial charge in [0.25, 0.3) is 5.91 Å². The average Bonchev–Trinajstić information content (AvgIpc) is 3.06. The third-order valence-corrected chi connectivity index (χ3v) is 5.70. The van der Waals surface area contributed by atoms with E-state index in [4.69, 9.17) is 28.5 Å². The molecule has 2 aromatic carbocycles. The van der Waals surface area contributed by atoms with Crippen molar-refractivity contribution in [3.8, 4) is 6.07 Å². The van der Waals surface area contributed by atoms with Gasteiger partial charge in [-0.3, -0.25) is 10.1 Å². The van der Waals surface area contributed by atoms with Crippen molar-refractivity contribution in [2.45, 2.75) is 10.1 Å². The minimum atomic E-state index is -0.364. The van der Waals surface area contributed by atoms with Crippen molar-refractivity contribution in [3.05, 3.63) is 69.2 Å². The molecule has 0 spiro atoms. The highest BCUT2D eigenvalue weighted by Crippen LogP contribution is 2.29. The summed E-state index contributed by atoms with van der Waals surface area (Å²) < 4.78 is 0.692. The van der Waals surface area contributed by atoms with Crippen molar-refractivity contribution in [3.63, 3.8) is 0 Å². The molecule has 0 bridgehead atoms. The second-order valence-corrected chi connectivity index (χ2v) is 8.12. The molecule has 130 valence electrons. The van der Waals surface area contributed by atoms with Crippen LogP contribution in [0, 0.1) is 11.3 Å². The molecule has 1 amide bonds. The fraction of sp³-hybridized carbons (Fsp3) is 0.0588. The number of aromatic nitrogens is 2. The number of rotatable bonds is 5. The summed E-state index contributed by atoms with van der Waals surface area (Å²) in [6.07, 6.45) is 0. The molecule has 1 aromatic heterocycles. The van der Waals surface area contributed by atoms with E-state index >= 15 is 0 Å². The van der Waals surface area contributed by atoms with Gasteiger partial charge in [0.15, 0.2) is 4.34 Å². The Balaban J connectivity index is 1.64. The maximum atomic E-state index is 12.3. The van der Waals surface area contributed by atoms with Gasteiger partial charge in [0, 0.05) is 21.4 Å². The van der Waals surface area contributed by atoms with Crippen molar-refractivity contribution in [1.82, 2.24) is 10.2 Å². The molecule has 0 saturated heterocycles. The van der Waals surface area contributed by atoms with Crippen LogP contribution < -0.4 is 5.32 Å². The largest absolute Gasteiger partial charge is 0.296 e. The first-order valence-electron chi connectivity index (χ1n) is 7.27. The molecule has 0 aliphatic carbocycles. The maximum absolute atomic E-state index is 12.3. The van der Waals surface area contributed by atoms with E-state index in [0.717, 1.165) is 5.56 Å². The number of nitrogens with zero attached hydrogens (tertiary/aromatic N) is 3. The van der Waals surface area contributed by atoms with Gasteiger partial charge in [-0.15, -0.1) is 10.2 Å². The third-order valence-electron chi connectivity index (χ3n) is 3.24. The first-order chi connectivity index (χ1) is 12.5. The number of amides is 1. The van der Waals surface area contributed by atoms with Gasteiger partial charge < -0.3 is 0 Å². The molecule has 9 heteroatoms. The van der Waals surface area contributed by atoms with E-state index in [1.54, 1.807) is 12.1 Å². The molecule has 0 radical (unpaired) electrons. The van der Waals surface area contributed by atoms with Gasteiger partial charge in [-0.2, -0.15) is 5.26 Å². The smallest absolute Gasteiger partial charge is 0.257 e. The van der Waals surface area contributed by atoms with Crippen molar-refractivity contribution in [1.29, 1.82) is 5.26 Å². The summed E-state index contributed by atoms with van der Waals surface area (Å²) in [5.41, 5.74) is 1.90. The second-order valence-electron chi connectivity index (χ2n) is 5.04. The van der Waals surface area contributed by atoms with Crippen LogP contribution in [0.3, 0.4) is 0 Å². The summed E-state index contributed by atoms with van der Waals surface area (Å²) >= 11 is 14.5. The first kappa shape index (κ1) is 18.7. The Morgan fingerprint density at radius 1 is 1.19 bits per heavy atom. The van der Waals surface area contributed by atoms with Gasteiger partial charge in [-0.05, 0) is 29.8 Å². The molecular formula is C17H10Cl2N4OS2. The lowest BCUT2D eigenvalue weighted by Gasteiger charge is -2.02. The number of carbonyl (C=O) groups is 1. The van der Waals surface area contributed by atoms with Crippen molar-refractivity contribution >= 4 is 57.3 Å². The Morgan fingerprint density at radius 3 is 2.65 bits per heavy atom. The van der Waals surface area contributed by atoms with Crippen molar-refractivity contribution in [2.24, 2.45) is 0 Å². The zero-order valence-electron chi connectivity index (χ0n) is 13.1. The zero-order chi connectivity index (χ0) is 18.5. The maximum Gasteiger partial charge on any atom is 0.257 e. The molecule has 1 heterocycles. The summed E-state index contributed by atoms with van der Waals surface area (Å²) in [4.78, 5) is 12.3. The van der Waals surface area contributed by atoms with Crippen LogP contribution in [0.15, 0.2) is 46.8 Å². The number of hydrogen-bond donors (Lipinski definition) is 1. The summed E-state index contributed by atoms with van der Waals surface area (Å²) in [6, 6.07) is 14.2. The van der Waals surface area contributed by atoms with Gasteiger partial charge in [-0.1, -0.05) is 64.5 Å². The fourth-order valence-electron chi connectivity index (χ4n) is 2.07. The highest BCUT2D eigenvalue weighted by molar-refractivity contribution is 8.00. The average molecular weight is 421 g/mol. The van der Waals surface area contributed by atoms with Crippen LogP contribution in [0.25, 0.3) is 0 Å². The summed E-state index contributed by atoms with van der Waals surface area (Å²) in [5.74, 6) is 0.230. The minimum absolute atomic E-state index is 0.342. The molecule has 0 fully saturated rings. The van der Waals surface area contributed by atoms with Crippen LogP contribution in [0.2, 0.25) is 10.0 Å². The predicted octanol–water partition coefficient (Wildman–Crippen LogP) is 5.26. The van der Waals surface area contributed by atoms with Gasteiger partial charge in [0.1, 0.15) is 0 Å². The Bertz CT molecular complexity index is 980. The molecule has 3 rings (SSSR count). The van der Waals surface area contributed by atoms with E-state index < -0.39 is 0 Å². The van der Waals surface area contributed by atoms with Gasteiger partial charge in [-0.25, -0.2) is 0 Å². The monoisotopic (exact) mass is 420 g/mol. The summed E-state index contributed by atoms with van der Waals surface area (Å²) in [6.45, 7) is 0. The van der Waals surface area contributed by atoms with Crippen LogP contribution in [0.1, 0.15) is 21.5 Å². The summed E-state index contributed by atoms with van der Waals surface area (Å²) in [5, 5.41) is 20.9. The van der Waals surface area contributed by atoms with E-state index in [9.17, 15) is 4.79 Å². The third kappa shape index (κ3) is 4.74. The zero-order valence-corrected chi connectivity index (χ0v) is 16.2. The van der Waals surface area contributed by atoms with Crippen molar-refractivity contribution < 1.29 is 4.79 Å². The summed E-state index contributed by atoms with van der Waals surface area (Å²) in [7, 11) is 0. The molecule has 0 aliphatic rings. The quantitative estimate of drug-likeness (QED) is 0.449. The Labute approximate surface area is 168 Å². The number of nitrogens with one attached hydrogen (secondary N) is 1. The van der Waals surface area contributed by atoms with E-state index in [0.29, 0.717) is 36.4 Å². The van der Waals surface area contributed by atoms with E-state index in [-0.39, 0.29) is 5.91 Å². The first-order valence-corrected chi connectivity index (χ1v) is 9.82. The topological polar surface area (TPSA) is 78.7 Å². The molecule has 5 nitrogen and oxygen atoms in total. The predicted molar refractivity (Wildman–Crippen MR) is 105 cm³/mol. The Kier molecular flexibility index (Phi) is 6.12. The van der Waals surface area contributed by atoms with Gasteiger partial charge in [0.05, 0.1) is 11.6 Å². The minimum Gasteiger partial charge on any atom is -0.296 e. The molecule has 3 aromatic rings. The molecule has 26 heavy (non-hydrogen) atoms. The van der Waals surface area contributed by atoms with Crippen molar-refractivity contribution in [2.75, 3.05) is 5.32 Å². The number of nitriles is 1. The number of hydrogen-bond acceptors (Lipinski definition) is 6. The fourth-order valence-corrected chi connectivity index (χ4v) is 4.34. The highest BCUT2D eigenvalue weighted by Gasteiger charge is 2.12.